The normalized spacial score (nSPS) is 21.3. The van der Waals surface area contributed by atoms with Crippen LogP contribution in [0.1, 0.15) is 17.5 Å². The maximum atomic E-state index is 13.0. The van der Waals surface area contributed by atoms with Crippen molar-refractivity contribution in [3.05, 3.63) is 58.9 Å². The minimum absolute atomic E-state index is 0.112. The highest BCUT2D eigenvalue weighted by Gasteiger charge is 2.38. The van der Waals surface area contributed by atoms with E-state index in [9.17, 15) is 13.2 Å². The van der Waals surface area contributed by atoms with Crippen molar-refractivity contribution in [2.45, 2.75) is 30.8 Å². The predicted octanol–water partition coefficient (Wildman–Crippen LogP) is 2.15. The molecule has 2 aromatic rings. The molecule has 2 aliphatic heterocycles. The Morgan fingerprint density at radius 1 is 1.13 bits per heavy atom. The molecule has 0 radical (unpaired) electrons. The van der Waals surface area contributed by atoms with Crippen LogP contribution in [0.5, 0.6) is 0 Å². The van der Waals surface area contributed by atoms with Crippen LogP contribution in [0.2, 0.25) is 5.02 Å². The maximum absolute atomic E-state index is 13.0. The van der Waals surface area contributed by atoms with Crippen LogP contribution in [0.3, 0.4) is 0 Å². The number of sulfonamides is 1. The molecule has 2 aliphatic rings. The average molecular weight is 449 g/mol. The summed E-state index contributed by atoms with van der Waals surface area (Å²) in [5.41, 5.74) is 1.86. The number of rotatable bonds is 5. The van der Waals surface area contributed by atoms with E-state index in [2.05, 4.69) is 9.88 Å². The molecule has 1 unspecified atom stereocenters. The molecule has 1 aromatic heterocycles. The Balaban J connectivity index is 1.37. The lowest BCUT2D eigenvalue weighted by molar-refractivity contribution is -0.133. The highest BCUT2D eigenvalue weighted by atomic mass is 35.5. The fraction of sp³-hybridized carbons (Fsp3) is 0.429. The zero-order valence-corrected chi connectivity index (χ0v) is 18.4. The first-order valence-electron chi connectivity index (χ1n) is 10.0. The molecular weight excluding hydrogens is 424 g/mol. The lowest BCUT2D eigenvalue weighted by Crippen LogP contribution is -2.53. The molecular formula is C21H25ClN4O3S. The largest absolute Gasteiger partial charge is 0.337 e. The summed E-state index contributed by atoms with van der Waals surface area (Å²) in [7, 11) is -3.59. The van der Waals surface area contributed by atoms with Crippen LogP contribution < -0.4 is 0 Å². The van der Waals surface area contributed by atoms with E-state index < -0.39 is 10.0 Å². The van der Waals surface area contributed by atoms with Crippen molar-refractivity contribution in [1.82, 2.24) is 19.1 Å². The molecule has 9 heteroatoms. The van der Waals surface area contributed by atoms with Crippen LogP contribution in [-0.4, -0.2) is 72.2 Å². The summed E-state index contributed by atoms with van der Waals surface area (Å²) in [5, 5.41) is 0.444. The van der Waals surface area contributed by atoms with Crippen LogP contribution in [0.25, 0.3) is 0 Å². The van der Waals surface area contributed by atoms with Gasteiger partial charge >= 0.3 is 0 Å². The second-order valence-electron chi connectivity index (χ2n) is 7.78. The number of benzene rings is 1. The monoisotopic (exact) mass is 448 g/mol. The van der Waals surface area contributed by atoms with Crippen molar-refractivity contribution in [2.75, 3.05) is 32.7 Å². The van der Waals surface area contributed by atoms with Crippen molar-refractivity contribution in [3.8, 4) is 0 Å². The number of carbonyl (C=O) groups is 1. The summed E-state index contributed by atoms with van der Waals surface area (Å²) < 4.78 is 27.4. The fourth-order valence-corrected chi connectivity index (χ4v) is 5.76. The second kappa shape index (κ2) is 8.63. The van der Waals surface area contributed by atoms with Crippen LogP contribution in [0.4, 0.5) is 0 Å². The lowest BCUT2D eigenvalue weighted by atomic mass is 10.2. The van der Waals surface area contributed by atoms with Gasteiger partial charge in [-0.15, -0.1) is 0 Å². The standard InChI is InChI=1S/C21H25ClN4O3S/c1-16-4-5-18(13-19(16)22)30(28,29)26-11-9-24(10-12-26)20-6-8-25(21(20)27)15-17-3-2-7-23-14-17/h2-5,7,13-14,20H,6,8-12,15H2,1H3. The van der Waals surface area contributed by atoms with Crippen molar-refractivity contribution < 1.29 is 13.2 Å². The Morgan fingerprint density at radius 2 is 1.90 bits per heavy atom. The molecule has 0 saturated carbocycles. The van der Waals surface area contributed by atoms with Crippen LogP contribution in [0, 0.1) is 6.92 Å². The zero-order chi connectivity index (χ0) is 21.3. The molecule has 2 fully saturated rings. The number of aryl methyl sites for hydroxylation is 1. The molecule has 0 N–H and O–H groups in total. The molecule has 2 saturated heterocycles. The molecule has 160 valence electrons. The van der Waals surface area contributed by atoms with Gasteiger partial charge in [-0.25, -0.2) is 8.42 Å². The van der Waals surface area contributed by atoms with Crippen molar-refractivity contribution in [3.63, 3.8) is 0 Å². The predicted molar refractivity (Wildman–Crippen MR) is 115 cm³/mol. The van der Waals surface area contributed by atoms with Gasteiger partial charge in [-0.2, -0.15) is 4.31 Å². The van der Waals surface area contributed by atoms with E-state index in [1.54, 1.807) is 24.5 Å². The number of aromatic nitrogens is 1. The van der Waals surface area contributed by atoms with Gasteiger partial charge in [0.2, 0.25) is 15.9 Å². The van der Waals surface area contributed by atoms with Gasteiger partial charge < -0.3 is 4.90 Å². The quantitative estimate of drug-likeness (QED) is 0.700. The van der Waals surface area contributed by atoms with Crippen molar-refractivity contribution in [2.24, 2.45) is 0 Å². The van der Waals surface area contributed by atoms with E-state index in [1.165, 1.54) is 10.4 Å². The third-order valence-electron chi connectivity index (χ3n) is 5.86. The van der Waals surface area contributed by atoms with E-state index in [0.29, 0.717) is 44.3 Å². The number of amides is 1. The first-order chi connectivity index (χ1) is 14.4. The van der Waals surface area contributed by atoms with Crippen LogP contribution >= 0.6 is 11.6 Å². The molecule has 1 atom stereocenters. The number of nitrogens with zero attached hydrogens (tertiary/aromatic N) is 4. The molecule has 1 amide bonds. The van der Waals surface area contributed by atoms with Gasteiger partial charge in [-0.1, -0.05) is 23.7 Å². The van der Waals surface area contributed by atoms with Gasteiger partial charge in [-0.3, -0.25) is 14.7 Å². The van der Waals surface area contributed by atoms with E-state index in [0.717, 1.165) is 17.5 Å². The highest BCUT2D eigenvalue weighted by molar-refractivity contribution is 7.89. The summed E-state index contributed by atoms with van der Waals surface area (Å²) in [5.74, 6) is 0.112. The molecule has 3 heterocycles. The van der Waals surface area contributed by atoms with Crippen LogP contribution in [-0.2, 0) is 21.4 Å². The van der Waals surface area contributed by atoms with Crippen molar-refractivity contribution >= 4 is 27.5 Å². The number of hydrogen-bond donors (Lipinski definition) is 0. The highest BCUT2D eigenvalue weighted by Crippen LogP contribution is 2.25. The smallest absolute Gasteiger partial charge is 0.243 e. The summed E-state index contributed by atoms with van der Waals surface area (Å²) >= 11 is 6.12. The van der Waals surface area contributed by atoms with Gasteiger partial charge in [0.25, 0.3) is 0 Å². The SMILES string of the molecule is Cc1ccc(S(=O)(=O)N2CCN(C3CCN(Cc4cccnc4)C3=O)CC2)cc1Cl. The Kier molecular flexibility index (Phi) is 6.11. The summed E-state index contributed by atoms with van der Waals surface area (Å²) in [4.78, 5) is 21.2. The number of pyridine rings is 1. The van der Waals surface area contributed by atoms with Crippen molar-refractivity contribution in [1.29, 1.82) is 0 Å². The third kappa shape index (κ3) is 4.23. The third-order valence-corrected chi connectivity index (χ3v) is 8.16. The minimum Gasteiger partial charge on any atom is -0.337 e. The molecule has 4 rings (SSSR count). The molecule has 0 bridgehead atoms. The number of halogens is 1. The first kappa shape index (κ1) is 21.2. The average Bonchev–Trinajstić information content (AvgIpc) is 3.11. The number of piperazine rings is 1. The molecule has 30 heavy (non-hydrogen) atoms. The van der Waals surface area contributed by atoms with Gasteiger partial charge in [0.1, 0.15) is 0 Å². The number of hydrogen-bond acceptors (Lipinski definition) is 5. The topological polar surface area (TPSA) is 73.8 Å². The van der Waals surface area contributed by atoms with Crippen LogP contribution in [0.15, 0.2) is 47.6 Å². The Morgan fingerprint density at radius 3 is 2.57 bits per heavy atom. The Labute approximate surface area is 182 Å². The van der Waals surface area contributed by atoms with Gasteiger partial charge in [0, 0.05) is 56.7 Å². The molecule has 1 aromatic carbocycles. The lowest BCUT2D eigenvalue weighted by Gasteiger charge is -2.36. The summed E-state index contributed by atoms with van der Waals surface area (Å²) in [6.45, 7) is 4.91. The Hall–Kier alpha value is -2.00. The number of carbonyl (C=O) groups excluding carboxylic acids is 1. The van der Waals surface area contributed by atoms with Gasteiger partial charge in [0.15, 0.2) is 0 Å². The van der Waals surface area contributed by atoms with E-state index in [-0.39, 0.29) is 16.8 Å². The molecule has 0 spiro atoms. The van der Waals surface area contributed by atoms with Gasteiger partial charge in [-0.05, 0) is 42.7 Å². The first-order valence-corrected chi connectivity index (χ1v) is 11.9. The molecule has 7 nitrogen and oxygen atoms in total. The summed E-state index contributed by atoms with van der Waals surface area (Å²) in [6.07, 6.45) is 4.26. The minimum atomic E-state index is -3.59. The fourth-order valence-electron chi connectivity index (χ4n) is 4.07. The Bertz CT molecular complexity index is 1020. The van der Waals surface area contributed by atoms with E-state index in [1.807, 2.05) is 24.0 Å². The maximum Gasteiger partial charge on any atom is 0.243 e. The second-order valence-corrected chi connectivity index (χ2v) is 10.1. The van der Waals surface area contributed by atoms with E-state index >= 15 is 0 Å². The molecule has 0 aliphatic carbocycles. The number of likely N-dealkylation sites (tertiary alicyclic amines) is 1. The zero-order valence-electron chi connectivity index (χ0n) is 16.9. The van der Waals surface area contributed by atoms with Gasteiger partial charge in [0.05, 0.1) is 10.9 Å². The summed E-state index contributed by atoms with van der Waals surface area (Å²) in [6, 6.07) is 8.48. The van der Waals surface area contributed by atoms with E-state index in [4.69, 9.17) is 11.6 Å².